The summed E-state index contributed by atoms with van der Waals surface area (Å²) in [6.45, 7) is 6.88. The van der Waals surface area contributed by atoms with Crippen molar-refractivity contribution in [2.45, 2.75) is 27.3 Å². The Morgan fingerprint density at radius 3 is 2.84 bits per heavy atom. The first kappa shape index (κ1) is 13.4. The molecule has 5 nitrogen and oxygen atoms in total. The van der Waals surface area contributed by atoms with Gasteiger partial charge in [-0.3, -0.25) is 9.36 Å². The molecule has 0 atom stereocenters. The number of nitrogens with one attached hydrogen (secondary N) is 1. The normalized spacial score (nSPS) is 11.2. The Morgan fingerprint density at radius 2 is 2.21 bits per heavy atom. The topological polar surface area (TPSA) is 67.2 Å². The molecule has 0 fully saturated rings. The van der Waals surface area contributed by atoms with E-state index < -0.39 is 5.97 Å². The lowest BCUT2D eigenvalue weighted by Gasteiger charge is -2.10. The number of aryl methyl sites for hydroxylation is 1. The van der Waals surface area contributed by atoms with Gasteiger partial charge in [0.1, 0.15) is 6.54 Å². The van der Waals surface area contributed by atoms with E-state index in [9.17, 15) is 4.79 Å². The van der Waals surface area contributed by atoms with Crippen LogP contribution in [-0.4, -0.2) is 27.2 Å². The highest BCUT2D eigenvalue weighted by Gasteiger charge is 2.13. The lowest BCUT2D eigenvalue weighted by molar-refractivity contribution is -0.137. The zero-order chi connectivity index (χ0) is 14.0. The number of carbonyl (C=O) groups is 1. The van der Waals surface area contributed by atoms with Gasteiger partial charge in [-0.1, -0.05) is 19.9 Å². The van der Waals surface area contributed by atoms with Crippen LogP contribution >= 0.6 is 0 Å². The highest BCUT2D eigenvalue weighted by molar-refractivity contribution is 5.81. The van der Waals surface area contributed by atoms with Crippen LogP contribution in [0.25, 0.3) is 11.0 Å². The fraction of sp³-hybridized carbons (Fsp3) is 0.429. The Labute approximate surface area is 112 Å². The number of aliphatic carboxylic acids is 1. The number of hydrogen-bond donors (Lipinski definition) is 2. The first-order valence-corrected chi connectivity index (χ1v) is 6.40. The molecular formula is C14H19N3O2. The van der Waals surface area contributed by atoms with E-state index in [4.69, 9.17) is 5.11 Å². The van der Waals surface area contributed by atoms with Crippen LogP contribution in [-0.2, 0) is 11.3 Å². The molecule has 0 unspecified atom stereocenters. The first-order chi connectivity index (χ1) is 8.97. The van der Waals surface area contributed by atoms with Crippen molar-refractivity contribution in [1.82, 2.24) is 9.55 Å². The number of nitrogens with zero attached hydrogens (tertiary/aromatic N) is 2. The van der Waals surface area contributed by atoms with E-state index in [1.807, 2.05) is 25.1 Å². The van der Waals surface area contributed by atoms with E-state index in [-0.39, 0.29) is 6.54 Å². The number of aromatic nitrogens is 2. The summed E-state index contributed by atoms with van der Waals surface area (Å²) < 4.78 is 1.71. The van der Waals surface area contributed by atoms with Crippen LogP contribution in [0.3, 0.4) is 0 Å². The van der Waals surface area contributed by atoms with E-state index in [2.05, 4.69) is 24.1 Å². The van der Waals surface area contributed by atoms with Gasteiger partial charge in [-0.05, 0) is 30.5 Å². The molecule has 2 aromatic rings. The van der Waals surface area contributed by atoms with E-state index in [1.54, 1.807) is 4.57 Å². The molecule has 0 radical (unpaired) electrons. The molecule has 0 aliphatic rings. The fourth-order valence-corrected chi connectivity index (χ4v) is 1.97. The van der Waals surface area contributed by atoms with Gasteiger partial charge in [-0.15, -0.1) is 0 Å². The molecule has 102 valence electrons. The smallest absolute Gasteiger partial charge is 0.323 e. The van der Waals surface area contributed by atoms with Gasteiger partial charge in [0, 0.05) is 6.54 Å². The quantitative estimate of drug-likeness (QED) is 0.867. The number of imidazole rings is 1. The van der Waals surface area contributed by atoms with Crippen molar-refractivity contribution in [1.29, 1.82) is 0 Å². The third kappa shape index (κ3) is 3.05. The van der Waals surface area contributed by atoms with Crippen LogP contribution in [0.5, 0.6) is 0 Å². The van der Waals surface area contributed by atoms with E-state index >= 15 is 0 Å². The van der Waals surface area contributed by atoms with Gasteiger partial charge >= 0.3 is 5.97 Å². The maximum Gasteiger partial charge on any atom is 0.323 e. The van der Waals surface area contributed by atoms with Crippen molar-refractivity contribution >= 4 is 23.0 Å². The minimum atomic E-state index is -0.868. The molecule has 0 aliphatic heterocycles. The lowest BCUT2D eigenvalue weighted by atomic mass is 10.2. The third-order valence-electron chi connectivity index (χ3n) is 2.87. The van der Waals surface area contributed by atoms with Gasteiger partial charge in [0.25, 0.3) is 0 Å². The monoisotopic (exact) mass is 261 g/mol. The molecule has 5 heteroatoms. The predicted molar refractivity (Wildman–Crippen MR) is 75.4 cm³/mol. The van der Waals surface area contributed by atoms with Crippen molar-refractivity contribution < 1.29 is 9.90 Å². The van der Waals surface area contributed by atoms with E-state index in [0.29, 0.717) is 11.9 Å². The van der Waals surface area contributed by atoms with Gasteiger partial charge in [0.05, 0.1) is 11.0 Å². The summed E-state index contributed by atoms with van der Waals surface area (Å²) >= 11 is 0. The summed E-state index contributed by atoms with van der Waals surface area (Å²) in [6.07, 6.45) is 0. The molecule has 0 amide bonds. The van der Waals surface area contributed by atoms with Crippen molar-refractivity contribution in [3.8, 4) is 0 Å². The Balaban J connectivity index is 2.44. The molecule has 2 N–H and O–H groups in total. The first-order valence-electron chi connectivity index (χ1n) is 6.40. The largest absolute Gasteiger partial charge is 0.480 e. The summed E-state index contributed by atoms with van der Waals surface area (Å²) in [4.78, 5) is 15.5. The fourth-order valence-electron chi connectivity index (χ4n) is 1.97. The molecule has 1 aromatic heterocycles. The summed E-state index contributed by atoms with van der Waals surface area (Å²) in [5.74, 6) is 0.226. The average Bonchev–Trinajstić information content (AvgIpc) is 2.63. The molecule has 1 aromatic carbocycles. The van der Waals surface area contributed by atoms with Crippen LogP contribution in [0.1, 0.15) is 19.4 Å². The number of carboxylic acid groups (broad SMARTS) is 1. The number of hydrogen-bond acceptors (Lipinski definition) is 3. The average molecular weight is 261 g/mol. The van der Waals surface area contributed by atoms with Gasteiger partial charge in [0.2, 0.25) is 5.95 Å². The lowest BCUT2D eigenvalue weighted by Crippen LogP contribution is -2.16. The van der Waals surface area contributed by atoms with Gasteiger partial charge in [-0.2, -0.15) is 0 Å². The number of fused-ring (bicyclic) bond motifs is 1. The highest BCUT2D eigenvalue weighted by Crippen LogP contribution is 2.21. The molecule has 0 spiro atoms. The second-order valence-corrected chi connectivity index (χ2v) is 5.18. The number of benzene rings is 1. The zero-order valence-electron chi connectivity index (χ0n) is 11.5. The van der Waals surface area contributed by atoms with Crippen LogP contribution in [0.4, 0.5) is 5.95 Å². The van der Waals surface area contributed by atoms with Crippen molar-refractivity contribution in [3.05, 3.63) is 23.8 Å². The zero-order valence-corrected chi connectivity index (χ0v) is 11.5. The molecule has 1 heterocycles. The summed E-state index contributed by atoms with van der Waals surface area (Å²) in [7, 11) is 0. The Morgan fingerprint density at radius 1 is 1.47 bits per heavy atom. The Kier molecular flexibility index (Phi) is 3.74. The van der Waals surface area contributed by atoms with Crippen molar-refractivity contribution in [3.63, 3.8) is 0 Å². The van der Waals surface area contributed by atoms with Gasteiger partial charge in [-0.25, -0.2) is 4.98 Å². The second-order valence-electron chi connectivity index (χ2n) is 5.18. The molecule has 2 rings (SSSR count). The summed E-state index contributed by atoms with van der Waals surface area (Å²) in [5.41, 5.74) is 2.79. The minimum Gasteiger partial charge on any atom is -0.480 e. The number of rotatable bonds is 5. The second kappa shape index (κ2) is 5.30. The summed E-state index contributed by atoms with van der Waals surface area (Å²) in [5, 5.41) is 12.2. The van der Waals surface area contributed by atoms with Gasteiger partial charge in [0.15, 0.2) is 0 Å². The minimum absolute atomic E-state index is 0.0833. The number of anilines is 1. The molecule has 0 bridgehead atoms. The van der Waals surface area contributed by atoms with Crippen LogP contribution in [0.15, 0.2) is 18.2 Å². The van der Waals surface area contributed by atoms with E-state index in [0.717, 1.165) is 23.1 Å². The van der Waals surface area contributed by atoms with Gasteiger partial charge < -0.3 is 10.4 Å². The molecular weight excluding hydrogens is 242 g/mol. The van der Waals surface area contributed by atoms with Crippen LogP contribution in [0, 0.1) is 12.8 Å². The maximum atomic E-state index is 11.0. The number of carboxylic acids is 1. The Bertz CT molecular complexity index is 602. The SMILES string of the molecule is Cc1ccc2c(c1)nc(NCC(C)C)n2CC(=O)O. The molecule has 19 heavy (non-hydrogen) atoms. The maximum absolute atomic E-state index is 11.0. The molecule has 0 saturated carbocycles. The Hall–Kier alpha value is -2.04. The van der Waals surface area contributed by atoms with Crippen molar-refractivity contribution in [2.75, 3.05) is 11.9 Å². The predicted octanol–water partition coefficient (Wildman–Crippen LogP) is 2.50. The molecule has 0 saturated heterocycles. The highest BCUT2D eigenvalue weighted by atomic mass is 16.4. The molecule has 0 aliphatic carbocycles. The standard InChI is InChI=1S/C14H19N3O2/c1-9(2)7-15-14-16-11-6-10(3)4-5-12(11)17(14)8-13(18)19/h4-6,9H,7-8H2,1-3H3,(H,15,16)(H,18,19). The van der Waals surface area contributed by atoms with Crippen LogP contribution < -0.4 is 5.32 Å². The van der Waals surface area contributed by atoms with Crippen LogP contribution in [0.2, 0.25) is 0 Å². The van der Waals surface area contributed by atoms with Crippen molar-refractivity contribution in [2.24, 2.45) is 5.92 Å². The summed E-state index contributed by atoms with van der Waals surface area (Å²) in [6, 6.07) is 5.85. The third-order valence-corrected chi connectivity index (χ3v) is 2.87. The van der Waals surface area contributed by atoms with E-state index in [1.165, 1.54) is 0 Å².